The first-order chi connectivity index (χ1) is 13.7. The number of methoxy groups -OCH3 is 1. The first kappa shape index (κ1) is 19.5. The second-order valence-corrected chi connectivity index (χ2v) is 6.22. The minimum atomic E-state index is -0.425. The molecule has 0 aliphatic heterocycles. The van der Waals surface area contributed by atoms with Crippen LogP contribution in [0.4, 0.5) is 0 Å². The molecule has 0 saturated heterocycles. The lowest BCUT2D eigenvalue weighted by atomic mass is 10.1. The topological polar surface area (TPSA) is 70.8 Å². The van der Waals surface area contributed by atoms with Crippen LogP contribution in [0.1, 0.15) is 35.8 Å². The van der Waals surface area contributed by atoms with Gasteiger partial charge in [-0.05, 0) is 42.8 Å². The van der Waals surface area contributed by atoms with E-state index in [0.717, 1.165) is 29.9 Å². The van der Waals surface area contributed by atoms with Crippen LogP contribution >= 0.6 is 0 Å². The summed E-state index contributed by atoms with van der Waals surface area (Å²) in [5, 5.41) is 3.96. The van der Waals surface area contributed by atoms with Crippen LogP contribution in [0, 0.1) is 0 Å². The van der Waals surface area contributed by atoms with Crippen LogP contribution in [0.2, 0.25) is 0 Å². The summed E-state index contributed by atoms with van der Waals surface area (Å²) in [6, 6.07) is 16.1. The van der Waals surface area contributed by atoms with Crippen LogP contribution in [-0.4, -0.2) is 24.8 Å². The Morgan fingerprint density at radius 3 is 2.64 bits per heavy atom. The van der Waals surface area contributed by atoms with Gasteiger partial charge in [-0.2, -0.15) is 0 Å². The number of carbonyl (C=O) groups excluding carboxylic acids is 1. The molecule has 0 bridgehead atoms. The van der Waals surface area contributed by atoms with Crippen molar-refractivity contribution in [2.45, 2.75) is 26.4 Å². The summed E-state index contributed by atoms with van der Waals surface area (Å²) in [6.07, 6.45) is 2.07. The molecule has 0 aliphatic carbocycles. The maximum absolute atomic E-state index is 12.2. The van der Waals surface area contributed by atoms with E-state index in [-0.39, 0.29) is 6.61 Å². The fraction of sp³-hybridized carbons (Fsp3) is 0.273. The largest absolute Gasteiger partial charge is 0.497 e. The van der Waals surface area contributed by atoms with E-state index in [2.05, 4.69) is 12.1 Å². The van der Waals surface area contributed by atoms with E-state index < -0.39 is 5.97 Å². The first-order valence-corrected chi connectivity index (χ1v) is 9.19. The highest BCUT2D eigenvalue weighted by molar-refractivity contribution is 5.89. The summed E-state index contributed by atoms with van der Waals surface area (Å²) < 4.78 is 21.5. The summed E-state index contributed by atoms with van der Waals surface area (Å²) in [5.41, 5.74) is 1.83. The minimum Gasteiger partial charge on any atom is -0.497 e. The lowest BCUT2D eigenvalue weighted by Crippen LogP contribution is -2.05. The molecule has 0 saturated carbocycles. The Balaban J connectivity index is 1.55. The molecule has 6 nitrogen and oxygen atoms in total. The molecular weight excluding hydrogens is 358 g/mol. The molecule has 0 fully saturated rings. The SMILES string of the molecule is CCCCOc1ccc(C(=O)OCc2cc(-c3cccc(OC)c3)on2)cc1. The predicted octanol–water partition coefficient (Wildman–Crippen LogP) is 4.89. The number of rotatable bonds is 9. The molecular formula is C22H23NO5. The number of benzene rings is 2. The molecule has 0 amide bonds. The molecule has 0 atom stereocenters. The van der Waals surface area contributed by atoms with Gasteiger partial charge in [0.05, 0.1) is 19.3 Å². The van der Waals surface area contributed by atoms with Gasteiger partial charge in [0.2, 0.25) is 0 Å². The molecule has 1 heterocycles. The third kappa shape index (κ3) is 5.13. The van der Waals surface area contributed by atoms with Gasteiger partial charge >= 0.3 is 5.97 Å². The van der Waals surface area contributed by atoms with Crippen molar-refractivity contribution in [3.8, 4) is 22.8 Å². The van der Waals surface area contributed by atoms with Crippen LogP contribution in [0.15, 0.2) is 59.1 Å². The van der Waals surface area contributed by atoms with Crippen molar-refractivity contribution in [1.82, 2.24) is 5.16 Å². The van der Waals surface area contributed by atoms with Gasteiger partial charge in [-0.15, -0.1) is 0 Å². The van der Waals surface area contributed by atoms with Crippen LogP contribution in [-0.2, 0) is 11.3 Å². The van der Waals surface area contributed by atoms with Gasteiger partial charge in [0.25, 0.3) is 0 Å². The smallest absolute Gasteiger partial charge is 0.338 e. The van der Waals surface area contributed by atoms with Crippen LogP contribution in [0.5, 0.6) is 11.5 Å². The average Bonchev–Trinajstić information content (AvgIpc) is 3.22. The first-order valence-electron chi connectivity index (χ1n) is 9.19. The Hall–Kier alpha value is -3.28. The molecule has 3 aromatic rings. The van der Waals surface area contributed by atoms with E-state index in [4.69, 9.17) is 18.7 Å². The summed E-state index contributed by atoms with van der Waals surface area (Å²) >= 11 is 0. The fourth-order valence-electron chi connectivity index (χ4n) is 2.54. The summed E-state index contributed by atoms with van der Waals surface area (Å²) in [4.78, 5) is 12.2. The second kappa shape index (κ2) is 9.60. The second-order valence-electron chi connectivity index (χ2n) is 6.22. The van der Waals surface area contributed by atoms with E-state index in [0.29, 0.717) is 23.6 Å². The normalized spacial score (nSPS) is 10.5. The number of hydrogen-bond acceptors (Lipinski definition) is 6. The third-order valence-corrected chi connectivity index (χ3v) is 4.12. The molecule has 1 aromatic heterocycles. The van der Waals surface area contributed by atoms with E-state index >= 15 is 0 Å². The average molecular weight is 381 g/mol. The Kier molecular flexibility index (Phi) is 6.68. The molecule has 2 aromatic carbocycles. The Bertz CT molecular complexity index is 901. The zero-order valence-corrected chi connectivity index (χ0v) is 16.0. The standard InChI is InChI=1S/C22H23NO5/c1-3-4-12-26-19-10-8-16(9-11-19)22(24)27-15-18-14-21(28-23-18)17-6-5-7-20(13-17)25-2/h5-11,13-14H,3-4,12,15H2,1-2H3. The van der Waals surface area contributed by atoms with Crippen molar-refractivity contribution < 1.29 is 23.5 Å². The van der Waals surface area contributed by atoms with Crippen molar-refractivity contribution in [3.63, 3.8) is 0 Å². The van der Waals surface area contributed by atoms with Gasteiger partial charge in [-0.1, -0.05) is 30.6 Å². The Labute approximate surface area is 164 Å². The van der Waals surface area contributed by atoms with E-state index in [1.807, 2.05) is 24.3 Å². The maximum Gasteiger partial charge on any atom is 0.338 e. The van der Waals surface area contributed by atoms with E-state index in [1.54, 1.807) is 37.4 Å². The number of unbranched alkanes of at least 4 members (excludes halogenated alkanes) is 1. The maximum atomic E-state index is 12.2. The zero-order chi connectivity index (χ0) is 19.8. The van der Waals surface area contributed by atoms with Crippen molar-refractivity contribution in [2.75, 3.05) is 13.7 Å². The summed E-state index contributed by atoms with van der Waals surface area (Å²) in [7, 11) is 1.61. The van der Waals surface area contributed by atoms with Crippen LogP contribution in [0.25, 0.3) is 11.3 Å². The van der Waals surface area contributed by atoms with Gasteiger partial charge in [0.1, 0.15) is 23.8 Å². The highest BCUT2D eigenvalue weighted by atomic mass is 16.5. The minimum absolute atomic E-state index is 0.0288. The number of hydrogen-bond donors (Lipinski definition) is 0. The number of nitrogens with zero attached hydrogens (tertiary/aromatic N) is 1. The Morgan fingerprint density at radius 1 is 1.07 bits per heavy atom. The van der Waals surface area contributed by atoms with Gasteiger partial charge in [0, 0.05) is 11.6 Å². The van der Waals surface area contributed by atoms with E-state index in [1.165, 1.54) is 0 Å². The van der Waals surface area contributed by atoms with Crippen molar-refractivity contribution in [3.05, 3.63) is 65.9 Å². The van der Waals surface area contributed by atoms with Crippen LogP contribution < -0.4 is 9.47 Å². The van der Waals surface area contributed by atoms with Crippen molar-refractivity contribution in [1.29, 1.82) is 0 Å². The zero-order valence-electron chi connectivity index (χ0n) is 16.0. The Morgan fingerprint density at radius 2 is 1.89 bits per heavy atom. The lowest BCUT2D eigenvalue weighted by molar-refractivity contribution is 0.0464. The molecule has 6 heteroatoms. The van der Waals surface area contributed by atoms with Crippen LogP contribution in [0.3, 0.4) is 0 Å². The van der Waals surface area contributed by atoms with Gasteiger partial charge in [-0.25, -0.2) is 4.79 Å². The predicted molar refractivity (Wildman–Crippen MR) is 104 cm³/mol. The molecule has 146 valence electrons. The van der Waals surface area contributed by atoms with Gasteiger partial charge in [0.15, 0.2) is 5.76 Å². The molecule has 0 aliphatic rings. The molecule has 0 radical (unpaired) electrons. The highest BCUT2D eigenvalue weighted by Crippen LogP contribution is 2.24. The fourth-order valence-corrected chi connectivity index (χ4v) is 2.54. The number of aromatic nitrogens is 1. The molecule has 0 spiro atoms. The monoisotopic (exact) mass is 381 g/mol. The third-order valence-electron chi connectivity index (χ3n) is 4.12. The quantitative estimate of drug-likeness (QED) is 0.388. The summed E-state index contributed by atoms with van der Waals surface area (Å²) in [6.45, 7) is 2.81. The molecule has 3 rings (SSSR count). The molecule has 0 unspecified atom stereocenters. The number of ether oxygens (including phenoxy) is 3. The number of esters is 1. The molecule has 28 heavy (non-hydrogen) atoms. The van der Waals surface area contributed by atoms with Crippen molar-refractivity contribution in [2.24, 2.45) is 0 Å². The van der Waals surface area contributed by atoms with Gasteiger partial charge < -0.3 is 18.7 Å². The van der Waals surface area contributed by atoms with E-state index in [9.17, 15) is 4.79 Å². The van der Waals surface area contributed by atoms with Crippen molar-refractivity contribution >= 4 is 5.97 Å². The molecule has 0 N–H and O–H groups in total. The van der Waals surface area contributed by atoms with Gasteiger partial charge in [-0.3, -0.25) is 0 Å². The number of carbonyl (C=O) groups is 1. The lowest BCUT2D eigenvalue weighted by Gasteiger charge is -2.06. The summed E-state index contributed by atoms with van der Waals surface area (Å²) in [5.74, 6) is 1.62. The highest BCUT2D eigenvalue weighted by Gasteiger charge is 2.12.